The summed E-state index contributed by atoms with van der Waals surface area (Å²) in [6.45, 7) is 6.33. The van der Waals surface area contributed by atoms with Gasteiger partial charge in [-0.15, -0.1) is 11.3 Å². The summed E-state index contributed by atoms with van der Waals surface area (Å²) in [6, 6.07) is 10.7. The van der Waals surface area contributed by atoms with Crippen LogP contribution in [0.2, 0.25) is 0 Å². The molecule has 0 aliphatic rings. The van der Waals surface area contributed by atoms with Crippen LogP contribution in [0.25, 0.3) is 15.9 Å². The van der Waals surface area contributed by atoms with Gasteiger partial charge in [0, 0.05) is 31.3 Å². The Labute approximate surface area is 227 Å². The summed E-state index contributed by atoms with van der Waals surface area (Å²) in [6.07, 6.45) is 0. The first-order valence-corrected chi connectivity index (χ1v) is 13.0. The number of aromatic nitrogens is 2. The Morgan fingerprint density at radius 3 is 2.41 bits per heavy atom. The van der Waals surface area contributed by atoms with Crippen LogP contribution < -0.4 is 20.7 Å². The van der Waals surface area contributed by atoms with E-state index in [9.17, 15) is 24.5 Å². The first-order valence-electron chi connectivity index (χ1n) is 12.2. The van der Waals surface area contributed by atoms with Gasteiger partial charge in [0.05, 0.1) is 41.6 Å². The van der Waals surface area contributed by atoms with Crippen LogP contribution in [0.15, 0.2) is 52.1 Å². The lowest BCUT2D eigenvalue weighted by atomic mass is 10.1. The van der Waals surface area contributed by atoms with Crippen molar-refractivity contribution in [3.63, 3.8) is 0 Å². The van der Waals surface area contributed by atoms with Crippen LogP contribution in [-0.2, 0) is 6.54 Å². The minimum Gasteiger partial charge on any atom is -0.497 e. The zero-order chi connectivity index (χ0) is 28.4. The van der Waals surface area contributed by atoms with Crippen molar-refractivity contribution in [2.24, 2.45) is 0 Å². The molecular formula is C27H28N4O7S. The maximum atomic E-state index is 14.0. The zero-order valence-electron chi connectivity index (χ0n) is 22.2. The van der Waals surface area contributed by atoms with E-state index in [4.69, 9.17) is 9.47 Å². The quantitative estimate of drug-likeness (QED) is 0.227. The van der Waals surface area contributed by atoms with E-state index in [1.54, 1.807) is 36.1 Å². The Morgan fingerprint density at radius 1 is 1.08 bits per heavy atom. The molecule has 0 unspecified atom stereocenters. The molecule has 39 heavy (non-hydrogen) atoms. The van der Waals surface area contributed by atoms with Crippen molar-refractivity contribution in [1.29, 1.82) is 0 Å². The van der Waals surface area contributed by atoms with Crippen molar-refractivity contribution in [3.8, 4) is 17.2 Å². The fraction of sp³-hybridized carbons (Fsp3) is 0.296. The van der Waals surface area contributed by atoms with Gasteiger partial charge in [-0.25, -0.2) is 9.36 Å². The van der Waals surface area contributed by atoms with Gasteiger partial charge in [-0.2, -0.15) is 0 Å². The number of ether oxygens (including phenoxy) is 2. The Kier molecular flexibility index (Phi) is 7.86. The van der Waals surface area contributed by atoms with Gasteiger partial charge in [0.2, 0.25) is 0 Å². The van der Waals surface area contributed by atoms with Crippen molar-refractivity contribution in [2.45, 2.75) is 27.3 Å². The average molecular weight is 553 g/mol. The lowest BCUT2D eigenvalue weighted by Crippen LogP contribution is -2.39. The highest BCUT2D eigenvalue weighted by Gasteiger charge is 2.26. The van der Waals surface area contributed by atoms with Crippen LogP contribution in [0.1, 0.15) is 34.6 Å². The number of aryl methyl sites for hydroxylation is 1. The summed E-state index contributed by atoms with van der Waals surface area (Å²) >= 11 is 1.07. The molecule has 0 spiro atoms. The monoisotopic (exact) mass is 552 g/mol. The van der Waals surface area contributed by atoms with Crippen LogP contribution >= 0.6 is 11.3 Å². The number of nitro groups is 1. The number of rotatable bonds is 9. The number of nitrogens with zero attached hydrogens (tertiary/aromatic N) is 4. The van der Waals surface area contributed by atoms with E-state index in [0.717, 1.165) is 15.9 Å². The SMILES string of the molecule is CCN(CC)C(=O)c1sc2c(c1C)c(=O)n(-c1ccc(OC)cc1OC)c(=O)n2Cc1cccc([N+](=O)[O-])c1. The normalized spacial score (nSPS) is 11.0. The lowest BCUT2D eigenvalue weighted by Gasteiger charge is -2.17. The molecule has 0 bridgehead atoms. The molecule has 0 N–H and O–H groups in total. The third-order valence-corrected chi connectivity index (χ3v) is 7.85. The predicted octanol–water partition coefficient (Wildman–Crippen LogP) is 3.98. The number of nitro benzene ring substituents is 1. The molecule has 0 aliphatic carbocycles. The molecule has 12 heteroatoms. The number of benzene rings is 2. The Bertz CT molecular complexity index is 1700. The molecule has 11 nitrogen and oxygen atoms in total. The van der Waals surface area contributed by atoms with Crippen molar-refractivity contribution in [1.82, 2.24) is 14.0 Å². The van der Waals surface area contributed by atoms with E-state index in [-0.39, 0.29) is 35.0 Å². The number of carbonyl (C=O) groups excluding carboxylic acids is 1. The highest BCUT2D eigenvalue weighted by atomic mass is 32.1. The highest BCUT2D eigenvalue weighted by Crippen LogP contribution is 2.31. The first kappa shape index (κ1) is 27.6. The maximum Gasteiger partial charge on any atom is 0.337 e. The van der Waals surface area contributed by atoms with Crippen molar-refractivity contribution in [2.75, 3.05) is 27.3 Å². The summed E-state index contributed by atoms with van der Waals surface area (Å²) in [4.78, 5) is 54.5. The van der Waals surface area contributed by atoms with Gasteiger partial charge < -0.3 is 14.4 Å². The number of non-ortho nitro benzene ring substituents is 1. The standard InChI is InChI=1S/C27H28N4O7S/c1-6-28(7-2)25(33)23-16(3)22-24(32)30(20-12-11-19(37-4)14-21(20)38-5)27(34)29(26(22)39-23)15-17-9-8-10-18(13-17)31(35)36/h8-14H,6-7,15H2,1-5H3. The first-order chi connectivity index (χ1) is 18.7. The molecule has 4 aromatic rings. The molecule has 0 fully saturated rings. The number of amides is 1. The second-order valence-corrected chi connectivity index (χ2v) is 9.69. The van der Waals surface area contributed by atoms with Gasteiger partial charge in [0.1, 0.15) is 16.3 Å². The van der Waals surface area contributed by atoms with E-state index in [1.165, 1.54) is 37.0 Å². The number of thiophene rings is 1. The van der Waals surface area contributed by atoms with Gasteiger partial charge in [-0.05, 0) is 44.0 Å². The Balaban J connectivity index is 2.08. The minimum absolute atomic E-state index is 0.0609. The summed E-state index contributed by atoms with van der Waals surface area (Å²) < 4.78 is 13.1. The minimum atomic E-state index is -0.675. The maximum absolute atomic E-state index is 14.0. The number of hydrogen-bond donors (Lipinski definition) is 0. The van der Waals surface area contributed by atoms with E-state index >= 15 is 0 Å². The lowest BCUT2D eigenvalue weighted by molar-refractivity contribution is -0.384. The van der Waals surface area contributed by atoms with Crippen molar-refractivity contribution in [3.05, 3.63) is 89.4 Å². The number of carbonyl (C=O) groups is 1. The Hall–Kier alpha value is -4.45. The van der Waals surface area contributed by atoms with E-state index < -0.39 is 16.2 Å². The molecule has 4 rings (SSSR count). The van der Waals surface area contributed by atoms with Crippen molar-refractivity contribution < 1.29 is 19.2 Å². The third-order valence-electron chi connectivity index (χ3n) is 6.55. The Morgan fingerprint density at radius 2 is 1.79 bits per heavy atom. The van der Waals surface area contributed by atoms with Crippen LogP contribution in [0, 0.1) is 17.0 Å². The smallest absolute Gasteiger partial charge is 0.337 e. The molecular weight excluding hydrogens is 524 g/mol. The number of fused-ring (bicyclic) bond motifs is 1. The topological polar surface area (TPSA) is 126 Å². The molecule has 2 aromatic heterocycles. The molecule has 0 radical (unpaired) electrons. The molecule has 0 aliphatic heterocycles. The zero-order valence-corrected chi connectivity index (χ0v) is 23.0. The summed E-state index contributed by atoms with van der Waals surface area (Å²) in [5.41, 5.74) is -0.244. The van der Waals surface area contributed by atoms with Crippen LogP contribution in [0.5, 0.6) is 11.5 Å². The molecule has 0 atom stereocenters. The van der Waals surface area contributed by atoms with E-state index in [2.05, 4.69) is 0 Å². The molecule has 0 saturated heterocycles. The van der Waals surface area contributed by atoms with Crippen molar-refractivity contribution >= 4 is 33.1 Å². The van der Waals surface area contributed by atoms with Gasteiger partial charge in [-0.3, -0.25) is 24.3 Å². The van der Waals surface area contributed by atoms with Crippen LogP contribution in [-0.4, -0.2) is 52.2 Å². The van der Waals surface area contributed by atoms with Gasteiger partial charge >= 0.3 is 5.69 Å². The largest absolute Gasteiger partial charge is 0.497 e. The fourth-order valence-electron chi connectivity index (χ4n) is 4.48. The molecule has 204 valence electrons. The summed E-state index contributed by atoms with van der Waals surface area (Å²) in [5.74, 6) is 0.476. The molecule has 1 amide bonds. The molecule has 2 aromatic carbocycles. The summed E-state index contributed by atoms with van der Waals surface area (Å²) in [5, 5.41) is 11.6. The second kappa shape index (κ2) is 11.1. The second-order valence-electron chi connectivity index (χ2n) is 8.69. The van der Waals surface area contributed by atoms with Gasteiger partial charge in [-0.1, -0.05) is 12.1 Å². The summed E-state index contributed by atoms with van der Waals surface area (Å²) in [7, 11) is 2.90. The van der Waals surface area contributed by atoms with E-state index in [0.29, 0.717) is 39.7 Å². The van der Waals surface area contributed by atoms with E-state index in [1.807, 2.05) is 13.8 Å². The fourth-order valence-corrected chi connectivity index (χ4v) is 5.74. The molecule has 0 saturated carbocycles. The van der Waals surface area contributed by atoms with Gasteiger partial charge in [0.25, 0.3) is 17.2 Å². The highest BCUT2D eigenvalue weighted by molar-refractivity contribution is 7.20. The number of hydrogen-bond acceptors (Lipinski definition) is 8. The average Bonchev–Trinajstić information content (AvgIpc) is 3.29. The van der Waals surface area contributed by atoms with Gasteiger partial charge in [0.15, 0.2) is 0 Å². The van der Waals surface area contributed by atoms with Crippen LogP contribution in [0.4, 0.5) is 5.69 Å². The third kappa shape index (κ3) is 4.90. The predicted molar refractivity (Wildman–Crippen MR) is 149 cm³/mol. The van der Waals surface area contributed by atoms with Crippen LogP contribution in [0.3, 0.4) is 0 Å². The molecule has 2 heterocycles. The number of methoxy groups -OCH3 is 2.